The number of ether oxygens (including phenoxy) is 2. The van der Waals surface area contributed by atoms with Crippen LogP contribution in [-0.2, 0) is 14.3 Å². The molecule has 0 heterocycles. The van der Waals surface area contributed by atoms with Gasteiger partial charge in [-0.1, -0.05) is 13.3 Å². The van der Waals surface area contributed by atoms with Gasteiger partial charge in [-0.25, -0.2) is 0 Å². The molecule has 6 heteroatoms. The molecule has 0 aliphatic carbocycles. The zero-order valence-electron chi connectivity index (χ0n) is 12.6. The van der Waals surface area contributed by atoms with Gasteiger partial charge in [0.15, 0.2) is 0 Å². The molecule has 0 radical (unpaired) electrons. The molecule has 120 valence electrons. The Morgan fingerprint density at radius 3 is 2.65 bits per heavy atom. The molecule has 0 aromatic heterocycles. The SMILES string of the molecule is CCCCOCCOCC(O)CNCCCCC(N)=O. The van der Waals surface area contributed by atoms with Crippen LogP contribution in [0.25, 0.3) is 0 Å². The Bertz CT molecular complexity index is 227. The van der Waals surface area contributed by atoms with Crippen molar-refractivity contribution in [2.45, 2.75) is 45.1 Å². The van der Waals surface area contributed by atoms with Gasteiger partial charge in [0.05, 0.1) is 25.9 Å². The number of rotatable bonds is 15. The highest BCUT2D eigenvalue weighted by Crippen LogP contribution is 1.93. The molecule has 0 fully saturated rings. The Balaban J connectivity index is 3.16. The first-order valence-corrected chi connectivity index (χ1v) is 7.49. The lowest BCUT2D eigenvalue weighted by molar-refractivity contribution is -0.118. The number of unbranched alkanes of at least 4 members (excludes halogenated alkanes) is 2. The van der Waals surface area contributed by atoms with Crippen LogP contribution in [0, 0.1) is 0 Å². The van der Waals surface area contributed by atoms with Crippen LogP contribution in [0.15, 0.2) is 0 Å². The highest BCUT2D eigenvalue weighted by atomic mass is 16.5. The second-order valence-electron chi connectivity index (χ2n) is 4.82. The smallest absolute Gasteiger partial charge is 0.217 e. The molecular formula is C14H30N2O4. The number of aliphatic hydroxyl groups is 1. The largest absolute Gasteiger partial charge is 0.389 e. The van der Waals surface area contributed by atoms with Crippen LogP contribution in [-0.4, -0.2) is 56.6 Å². The number of carbonyl (C=O) groups is 1. The zero-order valence-corrected chi connectivity index (χ0v) is 12.6. The number of nitrogens with one attached hydrogen (secondary N) is 1. The summed E-state index contributed by atoms with van der Waals surface area (Å²) in [4.78, 5) is 10.5. The van der Waals surface area contributed by atoms with E-state index in [1.54, 1.807) is 0 Å². The van der Waals surface area contributed by atoms with Crippen LogP contribution >= 0.6 is 0 Å². The average Bonchev–Trinajstić information content (AvgIpc) is 2.41. The van der Waals surface area contributed by atoms with Crippen molar-refractivity contribution in [1.82, 2.24) is 5.32 Å². The molecule has 20 heavy (non-hydrogen) atoms. The van der Waals surface area contributed by atoms with Crippen molar-refractivity contribution >= 4 is 5.91 Å². The van der Waals surface area contributed by atoms with Gasteiger partial charge in [0.2, 0.25) is 5.91 Å². The van der Waals surface area contributed by atoms with E-state index in [2.05, 4.69) is 12.2 Å². The Hall–Kier alpha value is -0.690. The van der Waals surface area contributed by atoms with Crippen molar-refractivity contribution in [2.75, 3.05) is 39.5 Å². The molecule has 0 aromatic carbocycles. The highest BCUT2D eigenvalue weighted by Gasteiger charge is 2.03. The first-order valence-electron chi connectivity index (χ1n) is 7.49. The van der Waals surface area contributed by atoms with Gasteiger partial charge in [0.1, 0.15) is 0 Å². The van der Waals surface area contributed by atoms with Crippen molar-refractivity contribution in [3.8, 4) is 0 Å². The van der Waals surface area contributed by atoms with Gasteiger partial charge in [0, 0.05) is 19.6 Å². The second-order valence-corrected chi connectivity index (χ2v) is 4.82. The van der Waals surface area contributed by atoms with Crippen LogP contribution in [0.2, 0.25) is 0 Å². The minimum absolute atomic E-state index is 0.264. The Labute approximate surface area is 122 Å². The molecule has 0 saturated heterocycles. The minimum atomic E-state index is -0.512. The van der Waals surface area contributed by atoms with E-state index in [1.807, 2.05) is 0 Å². The van der Waals surface area contributed by atoms with E-state index in [0.717, 1.165) is 38.8 Å². The van der Waals surface area contributed by atoms with Gasteiger partial charge in [-0.05, 0) is 25.8 Å². The summed E-state index contributed by atoms with van der Waals surface area (Å²) in [6.07, 6.45) is 3.77. The van der Waals surface area contributed by atoms with Crippen LogP contribution in [0.1, 0.15) is 39.0 Å². The molecule has 0 rings (SSSR count). The normalized spacial score (nSPS) is 12.5. The van der Waals surface area contributed by atoms with Crippen LogP contribution in [0.3, 0.4) is 0 Å². The van der Waals surface area contributed by atoms with Gasteiger partial charge in [0.25, 0.3) is 0 Å². The first-order chi connectivity index (χ1) is 9.66. The number of primary amides is 1. The van der Waals surface area contributed by atoms with Crippen molar-refractivity contribution in [3.63, 3.8) is 0 Å². The van der Waals surface area contributed by atoms with Crippen LogP contribution in [0.4, 0.5) is 0 Å². The number of hydrogen-bond donors (Lipinski definition) is 3. The molecule has 1 amide bonds. The molecule has 1 unspecified atom stereocenters. The molecule has 6 nitrogen and oxygen atoms in total. The number of hydrogen-bond acceptors (Lipinski definition) is 5. The monoisotopic (exact) mass is 290 g/mol. The van der Waals surface area contributed by atoms with Gasteiger partial charge < -0.3 is 25.6 Å². The number of aliphatic hydroxyl groups excluding tert-OH is 1. The van der Waals surface area contributed by atoms with Gasteiger partial charge >= 0.3 is 0 Å². The number of nitrogens with two attached hydrogens (primary N) is 1. The van der Waals surface area contributed by atoms with Crippen molar-refractivity contribution < 1.29 is 19.4 Å². The van der Waals surface area contributed by atoms with E-state index in [4.69, 9.17) is 15.2 Å². The van der Waals surface area contributed by atoms with Gasteiger partial charge in [-0.3, -0.25) is 4.79 Å². The van der Waals surface area contributed by atoms with E-state index in [9.17, 15) is 9.90 Å². The predicted molar refractivity (Wildman–Crippen MR) is 78.5 cm³/mol. The lowest BCUT2D eigenvalue weighted by Gasteiger charge is -2.12. The van der Waals surface area contributed by atoms with Crippen molar-refractivity contribution in [1.29, 1.82) is 0 Å². The Morgan fingerprint density at radius 2 is 1.95 bits per heavy atom. The van der Waals surface area contributed by atoms with Gasteiger partial charge in [-0.2, -0.15) is 0 Å². The maximum Gasteiger partial charge on any atom is 0.217 e. The molecule has 4 N–H and O–H groups in total. The van der Waals surface area contributed by atoms with E-state index in [-0.39, 0.29) is 5.91 Å². The quantitative estimate of drug-likeness (QED) is 0.380. The van der Waals surface area contributed by atoms with Crippen molar-refractivity contribution in [2.24, 2.45) is 5.73 Å². The third kappa shape index (κ3) is 15.4. The molecule has 0 saturated carbocycles. The summed E-state index contributed by atoms with van der Waals surface area (Å²) < 4.78 is 10.6. The van der Waals surface area contributed by atoms with E-state index in [0.29, 0.717) is 32.8 Å². The fraction of sp³-hybridized carbons (Fsp3) is 0.929. The summed E-state index contributed by atoms with van der Waals surface area (Å²) in [5.74, 6) is -0.264. The summed E-state index contributed by atoms with van der Waals surface area (Å²) >= 11 is 0. The van der Waals surface area contributed by atoms with E-state index < -0.39 is 6.10 Å². The number of amides is 1. The standard InChI is InChI=1S/C14H30N2O4/c1-2-3-8-19-9-10-20-12-13(17)11-16-7-5-4-6-14(15)18/h13,16-17H,2-12H2,1H3,(H2,15,18). The summed E-state index contributed by atoms with van der Waals surface area (Å²) in [7, 11) is 0. The van der Waals surface area contributed by atoms with E-state index >= 15 is 0 Å². The predicted octanol–water partition coefficient (Wildman–Crippen LogP) is 0.426. The molecule has 0 aliphatic rings. The minimum Gasteiger partial charge on any atom is -0.389 e. The van der Waals surface area contributed by atoms with Crippen LogP contribution < -0.4 is 11.1 Å². The fourth-order valence-corrected chi connectivity index (χ4v) is 1.56. The molecule has 0 spiro atoms. The lowest BCUT2D eigenvalue weighted by atomic mass is 10.2. The Morgan fingerprint density at radius 1 is 1.20 bits per heavy atom. The molecule has 0 bridgehead atoms. The summed E-state index contributed by atoms with van der Waals surface area (Å²) in [6.45, 7) is 5.56. The Kier molecular flexibility index (Phi) is 14.2. The van der Waals surface area contributed by atoms with Gasteiger partial charge in [-0.15, -0.1) is 0 Å². The second kappa shape index (κ2) is 14.7. The van der Waals surface area contributed by atoms with Crippen molar-refractivity contribution in [3.05, 3.63) is 0 Å². The molecular weight excluding hydrogens is 260 g/mol. The molecule has 0 aromatic rings. The molecule has 1 atom stereocenters. The maximum absolute atomic E-state index is 10.5. The maximum atomic E-state index is 10.5. The average molecular weight is 290 g/mol. The highest BCUT2D eigenvalue weighted by molar-refractivity contribution is 5.73. The summed E-state index contributed by atoms with van der Waals surface area (Å²) in [5, 5.41) is 12.7. The zero-order chi connectivity index (χ0) is 15.1. The van der Waals surface area contributed by atoms with Crippen LogP contribution in [0.5, 0.6) is 0 Å². The lowest BCUT2D eigenvalue weighted by Crippen LogP contribution is -2.31. The summed E-state index contributed by atoms with van der Waals surface area (Å²) in [5.41, 5.74) is 5.04. The molecule has 0 aliphatic heterocycles. The fourth-order valence-electron chi connectivity index (χ4n) is 1.56. The third-order valence-corrected chi connectivity index (χ3v) is 2.73. The summed E-state index contributed by atoms with van der Waals surface area (Å²) in [6, 6.07) is 0. The number of carbonyl (C=O) groups excluding carboxylic acids is 1. The first kappa shape index (κ1) is 19.3. The van der Waals surface area contributed by atoms with E-state index in [1.165, 1.54) is 0 Å². The topological polar surface area (TPSA) is 93.8 Å². The third-order valence-electron chi connectivity index (χ3n) is 2.73.